The number of hydrogen-bond acceptors (Lipinski definition) is 7. The van der Waals surface area contributed by atoms with E-state index in [9.17, 15) is 21.6 Å². The van der Waals surface area contributed by atoms with Gasteiger partial charge in [-0.2, -0.15) is 0 Å². The van der Waals surface area contributed by atoms with Gasteiger partial charge in [0.15, 0.2) is 0 Å². The molecule has 2 aromatic rings. The molecule has 1 saturated heterocycles. The molecule has 1 aliphatic rings. The Bertz CT molecular complexity index is 1140. The van der Waals surface area contributed by atoms with Crippen molar-refractivity contribution in [3.05, 3.63) is 54.1 Å². The molecule has 0 unspecified atom stereocenters. The molecule has 9 nitrogen and oxygen atoms in total. The van der Waals surface area contributed by atoms with Crippen molar-refractivity contribution < 1.29 is 26.4 Å². The SMILES string of the molecule is COc1ccc([C@H](CNS(=O)(=O)c2ccc(N3C(=O)CCS3(=O)=O)cc2)N(C)C)cc1. The lowest BCUT2D eigenvalue weighted by molar-refractivity contribution is -0.116. The van der Waals surface area contributed by atoms with E-state index in [0.29, 0.717) is 5.75 Å². The van der Waals surface area contributed by atoms with Gasteiger partial charge in [-0.25, -0.2) is 25.9 Å². The number of amides is 1. The fraction of sp³-hybridized carbons (Fsp3) is 0.350. The lowest BCUT2D eigenvalue weighted by atomic mass is 10.1. The first-order valence-corrected chi connectivity index (χ1v) is 12.6. The number of likely N-dealkylation sites (N-methyl/N-ethyl adjacent to an activating group) is 1. The third-order valence-corrected chi connectivity index (χ3v) is 8.18. The van der Waals surface area contributed by atoms with Gasteiger partial charge < -0.3 is 9.64 Å². The number of ether oxygens (including phenoxy) is 1. The number of nitrogens with zero attached hydrogens (tertiary/aromatic N) is 2. The number of benzene rings is 2. The second-order valence-electron chi connectivity index (χ2n) is 7.32. The minimum atomic E-state index is -3.85. The van der Waals surface area contributed by atoms with Crippen LogP contribution in [0.15, 0.2) is 53.4 Å². The zero-order valence-electron chi connectivity index (χ0n) is 17.5. The van der Waals surface area contributed by atoms with Crippen LogP contribution < -0.4 is 13.8 Å². The van der Waals surface area contributed by atoms with Gasteiger partial charge in [0.1, 0.15) is 5.75 Å². The second-order valence-corrected chi connectivity index (χ2v) is 11.0. The largest absolute Gasteiger partial charge is 0.497 e. The van der Waals surface area contributed by atoms with E-state index in [-0.39, 0.29) is 35.3 Å². The smallest absolute Gasteiger partial charge is 0.242 e. The highest BCUT2D eigenvalue weighted by Crippen LogP contribution is 2.26. The number of anilines is 1. The summed E-state index contributed by atoms with van der Waals surface area (Å²) in [4.78, 5) is 13.8. The van der Waals surface area contributed by atoms with Gasteiger partial charge in [-0.3, -0.25) is 4.79 Å². The van der Waals surface area contributed by atoms with Crippen molar-refractivity contribution in [2.24, 2.45) is 0 Å². The lowest BCUT2D eigenvalue weighted by Gasteiger charge is -2.25. The molecule has 1 atom stereocenters. The van der Waals surface area contributed by atoms with Crippen LogP contribution in [-0.4, -0.2) is 61.1 Å². The highest BCUT2D eigenvalue weighted by atomic mass is 32.2. The van der Waals surface area contributed by atoms with Crippen molar-refractivity contribution in [1.29, 1.82) is 0 Å². The van der Waals surface area contributed by atoms with Gasteiger partial charge in [-0.1, -0.05) is 12.1 Å². The fourth-order valence-electron chi connectivity index (χ4n) is 3.33. The van der Waals surface area contributed by atoms with Gasteiger partial charge in [0, 0.05) is 19.0 Å². The first-order valence-electron chi connectivity index (χ1n) is 9.51. The second kappa shape index (κ2) is 8.95. The van der Waals surface area contributed by atoms with Crippen molar-refractivity contribution >= 4 is 31.6 Å². The highest BCUT2D eigenvalue weighted by Gasteiger charge is 2.36. The third-order valence-electron chi connectivity index (χ3n) is 5.05. The summed E-state index contributed by atoms with van der Waals surface area (Å²) in [6, 6.07) is 12.4. The van der Waals surface area contributed by atoms with Crippen LogP contribution in [0.3, 0.4) is 0 Å². The van der Waals surface area contributed by atoms with Crippen molar-refractivity contribution in [3.8, 4) is 5.75 Å². The minimum Gasteiger partial charge on any atom is -0.497 e. The normalized spacial score (nSPS) is 17.2. The third kappa shape index (κ3) is 5.06. The maximum absolute atomic E-state index is 12.8. The average molecular weight is 468 g/mol. The van der Waals surface area contributed by atoms with E-state index in [1.807, 2.05) is 43.3 Å². The zero-order valence-corrected chi connectivity index (χ0v) is 19.1. The molecule has 1 fully saturated rings. The monoisotopic (exact) mass is 467 g/mol. The molecule has 168 valence electrons. The van der Waals surface area contributed by atoms with Crippen LogP contribution >= 0.6 is 0 Å². The van der Waals surface area contributed by atoms with E-state index in [2.05, 4.69) is 4.72 Å². The van der Waals surface area contributed by atoms with Crippen LogP contribution in [0, 0.1) is 0 Å². The highest BCUT2D eigenvalue weighted by molar-refractivity contribution is 7.94. The van der Waals surface area contributed by atoms with Gasteiger partial charge in [-0.05, 0) is 56.1 Å². The molecule has 0 aliphatic carbocycles. The molecule has 0 saturated carbocycles. The number of methoxy groups -OCH3 is 1. The van der Waals surface area contributed by atoms with Crippen molar-refractivity contribution in [3.63, 3.8) is 0 Å². The molecule has 1 heterocycles. The van der Waals surface area contributed by atoms with Gasteiger partial charge in [-0.15, -0.1) is 0 Å². The first-order chi connectivity index (χ1) is 14.5. The molecule has 11 heteroatoms. The molecular formula is C20H25N3O6S2. The Kier molecular flexibility index (Phi) is 6.70. The predicted molar refractivity (Wildman–Crippen MR) is 117 cm³/mol. The van der Waals surface area contributed by atoms with Gasteiger partial charge in [0.25, 0.3) is 0 Å². The quantitative estimate of drug-likeness (QED) is 0.623. The summed E-state index contributed by atoms with van der Waals surface area (Å²) in [5.74, 6) is -0.0625. The number of rotatable bonds is 8. The van der Waals surface area contributed by atoms with E-state index in [1.54, 1.807) is 7.11 Å². The summed E-state index contributed by atoms with van der Waals surface area (Å²) in [5.41, 5.74) is 1.05. The Balaban J connectivity index is 1.75. The summed E-state index contributed by atoms with van der Waals surface area (Å²) in [6.45, 7) is 0.127. The van der Waals surface area contributed by atoms with Crippen LogP contribution in [-0.2, 0) is 24.8 Å². The summed E-state index contributed by atoms with van der Waals surface area (Å²) < 4.78 is 58.1. The molecule has 2 aromatic carbocycles. The molecule has 3 rings (SSSR count). The fourth-order valence-corrected chi connectivity index (χ4v) is 5.82. The number of nitrogens with one attached hydrogen (secondary N) is 1. The number of carbonyl (C=O) groups is 1. The van der Waals surface area contributed by atoms with Crippen LogP contribution in [0.5, 0.6) is 5.75 Å². The Labute approximate surface area is 182 Å². The van der Waals surface area contributed by atoms with Crippen LogP contribution in [0.4, 0.5) is 5.69 Å². The predicted octanol–water partition coefficient (Wildman–Crippen LogP) is 1.34. The molecule has 0 aromatic heterocycles. The van der Waals surface area contributed by atoms with E-state index in [1.165, 1.54) is 24.3 Å². The Morgan fingerprint density at radius 1 is 1.10 bits per heavy atom. The van der Waals surface area contributed by atoms with Gasteiger partial charge in [0.05, 0.1) is 23.4 Å². The van der Waals surface area contributed by atoms with Crippen molar-refractivity contribution in [2.75, 3.05) is 37.8 Å². The van der Waals surface area contributed by atoms with E-state index < -0.39 is 26.0 Å². The summed E-state index contributed by atoms with van der Waals surface area (Å²) >= 11 is 0. The molecule has 1 amide bonds. The van der Waals surface area contributed by atoms with Gasteiger partial charge >= 0.3 is 0 Å². The summed E-state index contributed by atoms with van der Waals surface area (Å²) in [6.07, 6.45) is -0.0821. The first kappa shape index (κ1) is 23.2. The molecule has 1 N–H and O–H groups in total. The summed E-state index contributed by atoms with van der Waals surface area (Å²) in [5, 5.41) is 0. The molecule has 31 heavy (non-hydrogen) atoms. The van der Waals surface area contributed by atoms with E-state index >= 15 is 0 Å². The van der Waals surface area contributed by atoms with Crippen LogP contribution in [0.25, 0.3) is 0 Å². The number of hydrogen-bond donors (Lipinski definition) is 1. The Hall–Kier alpha value is -2.47. The van der Waals surface area contributed by atoms with E-state index in [4.69, 9.17) is 4.74 Å². The minimum absolute atomic E-state index is 0.0208. The maximum atomic E-state index is 12.8. The van der Waals surface area contributed by atoms with Crippen LogP contribution in [0.2, 0.25) is 0 Å². The molecule has 0 radical (unpaired) electrons. The average Bonchev–Trinajstić information content (AvgIpc) is 3.00. The molecule has 1 aliphatic heterocycles. The number of sulfonamides is 2. The molecule has 0 spiro atoms. The topological polar surface area (TPSA) is 113 Å². The van der Waals surface area contributed by atoms with Crippen molar-refractivity contribution in [1.82, 2.24) is 9.62 Å². The molecular weight excluding hydrogens is 442 g/mol. The summed E-state index contributed by atoms with van der Waals surface area (Å²) in [7, 11) is -2.26. The molecule has 0 bridgehead atoms. The zero-order chi connectivity index (χ0) is 22.8. The standard InChI is InChI=1S/C20H25N3O6S2/c1-22(2)19(15-4-8-17(29-3)9-5-15)14-21-31(27,28)18-10-6-16(7-11-18)23-20(24)12-13-30(23,25)26/h4-11,19,21H,12-14H2,1-3H3/t19-/m0/s1. The lowest BCUT2D eigenvalue weighted by Crippen LogP contribution is -2.34. The van der Waals surface area contributed by atoms with Gasteiger partial charge in [0.2, 0.25) is 26.0 Å². The number of carbonyl (C=O) groups excluding carboxylic acids is 1. The maximum Gasteiger partial charge on any atom is 0.242 e. The van der Waals surface area contributed by atoms with Crippen LogP contribution in [0.1, 0.15) is 18.0 Å². The van der Waals surface area contributed by atoms with Crippen molar-refractivity contribution in [2.45, 2.75) is 17.4 Å². The van der Waals surface area contributed by atoms with E-state index in [0.717, 1.165) is 9.87 Å². The Morgan fingerprint density at radius 3 is 2.19 bits per heavy atom. The Morgan fingerprint density at radius 2 is 1.71 bits per heavy atom.